The molecular formula is C17H21N3O2+2. The third kappa shape index (κ3) is 2.72. The van der Waals surface area contributed by atoms with Crippen molar-refractivity contribution in [2.45, 2.75) is 6.54 Å². The molecule has 0 spiro atoms. The molecule has 0 atom stereocenters. The number of quaternary nitrogens is 1. The third-order valence-corrected chi connectivity index (χ3v) is 4.39. The number of piperazine rings is 1. The average molecular weight is 299 g/mol. The maximum Gasteiger partial charge on any atom is 0.274 e. The zero-order chi connectivity index (χ0) is 14.8. The first-order valence-electron chi connectivity index (χ1n) is 7.82. The van der Waals surface area contributed by atoms with Crippen LogP contribution in [0.1, 0.15) is 5.56 Å². The molecular weight excluding hydrogens is 278 g/mol. The van der Waals surface area contributed by atoms with Gasteiger partial charge in [-0.1, -0.05) is 6.07 Å². The topological polar surface area (TPSA) is 40.3 Å². The number of H-pyrrole nitrogens is 1. The number of nitrogens with one attached hydrogen (secondary N) is 2. The number of hydrogen-bond acceptors (Lipinski definition) is 3. The first-order valence-corrected chi connectivity index (χ1v) is 7.82. The normalized spacial score (nSPS) is 17.7. The van der Waals surface area contributed by atoms with Gasteiger partial charge in [-0.15, -0.1) is 0 Å². The van der Waals surface area contributed by atoms with Crippen molar-refractivity contribution in [2.24, 2.45) is 0 Å². The molecule has 0 amide bonds. The van der Waals surface area contributed by atoms with Gasteiger partial charge in [0.2, 0.25) is 6.79 Å². The number of ether oxygens (including phenoxy) is 2. The van der Waals surface area contributed by atoms with Gasteiger partial charge in [0.05, 0.1) is 6.20 Å². The van der Waals surface area contributed by atoms with Gasteiger partial charge in [0.25, 0.3) is 5.82 Å². The molecule has 3 heterocycles. The summed E-state index contributed by atoms with van der Waals surface area (Å²) in [4.78, 5) is 7.35. The quantitative estimate of drug-likeness (QED) is 0.876. The van der Waals surface area contributed by atoms with E-state index >= 15 is 0 Å². The van der Waals surface area contributed by atoms with Gasteiger partial charge in [-0.05, 0) is 24.3 Å². The summed E-state index contributed by atoms with van der Waals surface area (Å²) in [6, 6.07) is 12.5. The van der Waals surface area contributed by atoms with Crippen LogP contribution in [0.25, 0.3) is 0 Å². The highest BCUT2D eigenvalue weighted by atomic mass is 16.7. The standard InChI is InChI=1S/C17H19N3O2/c1-2-6-18-17(3-1)20-9-7-19(8-10-20)12-14-4-5-15-16(11-14)22-13-21-15/h1-6,11H,7-10,12-13H2/p+2. The fourth-order valence-electron chi connectivity index (χ4n) is 3.16. The van der Waals surface area contributed by atoms with E-state index in [4.69, 9.17) is 9.47 Å². The van der Waals surface area contributed by atoms with Crippen molar-refractivity contribution in [3.63, 3.8) is 0 Å². The van der Waals surface area contributed by atoms with Gasteiger partial charge in [-0.3, -0.25) is 4.90 Å². The Morgan fingerprint density at radius 2 is 1.91 bits per heavy atom. The molecule has 2 aliphatic heterocycles. The third-order valence-electron chi connectivity index (χ3n) is 4.39. The van der Waals surface area contributed by atoms with E-state index in [9.17, 15) is 0 Å². The Bertz CT molecular complexity index is 640. The van der Waals surface area contributed by atoms with E-state index < -0.39 is 0 Å². The van der Waals surface area contributed by atoms with Gasteiger partial charge in [0, 0.05) is 11.6 Å². The summed E-state index contributed by atoms with van der Waals surface area (Å²) in [6.45, 7) is 5.86. The minimum Gasteiger partial charge on any atom is -0.454 e. The van der Waals surface area contributed by atoms with Gasteiger partial charge in [-0.25, -0.2) is 4.98 Å². The van der Waals surface area contributed by atoms with Crippen molar-refractivity contribution in [2.75, 3.05) is 37.9 Å². The monoisotopic (exact) mass is 299 g/mol. The fourth-order valence-corrected chi connectivity index (χ4v) is 3.16. The Kier molecular flexibility index (Phi) is 3.56. The number of benzene rings is 1. The van der Waals surface area contributed by atoms with Gasteiger partial charge < -0.3 is 14.4 Å². The molecule has 2 aliphatic rings. The van der Waals surface area contributed by atoms with Crippen molar-refractivity contribution in [3.8, 4) is 11.5 Å². The van der Waals surface area contributed by atoms with Crippen LogP contribution in [0.5, 0.6) is 11.5 Å². The second kappa shape index (κ2) is 5.85. The van der Waals surface area contributed by atoms with E-state index in [2.05, 4.69) is 34.1 Å². The van der Waals surface area contributed by atoms with Crippen LogP contribution in [0, 0.1) is 0 Å². The molecule has 0 unspecified atom stereocenters. The van der Waals surface area contributed by atoms with Gasteiger partial charge >= 0.3 is 0 Å². The maximum absolute atomic E-state index is 5.46. The van der Waals surface area contributed by atoms with E-state index in [-0.39, 0.29) is 0 Å². The lowest BCUT2D eigenvalue weighted by Gasteiger charge is -2.28. The van der Waals surface area contributed by atoms with Crippen molar-refractivity contribution in [3.05, 3.63) is 48.2 Å². The summed E-state index contributed by atoms with van der Waals surface area (Å²) in [5, 5.41) is 0. The van der Waals surface area contributed by atoms with Crippen LogP contribution in [0.3, 0.4) is 0 Å². The van der Waals surface area contributed by atoms with Crippen LogP contribution in [-0.2, 0) is 6.54 Å². The summed E-state index contributed by atoms with van der Waals surface area (Å²) < 4.78 is 10.8. The molecule has 2 aromatic rings. The number of aromatic nitrogens is 1. The number of anilines is 1. The minimum atomic E-state index is 0.345. The summed E-state index contributed by atoms with van der Waals surface area (Å²) >= 11 is 0. The maximum atomic E-state index is 5.46. The highest BCUT2D eigenvalue weighted by Crippen LogP contribution is 2.32. The molecule has 0 aliphatic carbocycles. The zero-order valence-corrected chi connectivity index (χ0v) is 12.5. The van der Waals surface area contributed by atoms with Crippen molar-refractivity contribution in [1.82, 2.24) is 0 Å². The Morgan fingerprint density at radius 3 is 2.73 bits per heavy atom. The number of fused-ring (bicyclic) bond motifs is 1. The molecule has 22 heavy (non-hydrogen) atoms. The molecule has 1 aromatic heterocycles. The molecule has 0 saturated carbocycles. The fraction of sp³-hybridized carbons (Fsp3) is 0.353. The smallest absolute Gasteiger partial charge is 0.274 e. The van der Waals surface area contributed by atoms with Gasteiger partial charge in [0.15, 0.2) is 11.5 Å². The minimum absolute atomic E-state index is 0.345. The molecule has 1 saturated heterocycles. The number of aromatic amines is 1. The molecule has 5 heteroatoms. The van der Waals surface area contributed by atoms with Crippen LogP contribution >= 0.6 is 0 Å². The second-order valence-corrected chi connectivity index (χ2v) is 5.85. The number of hydrogen-bond donors (Lipinski definition) is 1. The number of pyridine rings is 1. The van der Waals surface area contributed by atoms with E-state index in [0.29, 0.717) is 6.79 Å². The van der Waals surface area contributed by atoms with Crippen LogP contribution in [-0.4, -0.2) is 33.0 Å². The van der Waals surface area contributed by atoms with Crippen molar-refractivity contribution in [1.29, 1.82) is 0 Å². The number of nitrogens with zero attached hydrogens (tertiary/aromatic N) is 1. The average Bonchev–Trinajstić information content (AvgIpc) is 3.04. The molecule has 1 aromatic carbocycles. The van der Waals surface area contributed by atoms with Crippen molar-refractivity contribution >= 4 is 5.82 Å². The molecule has 1 fully saturated rings. The lowest BCUT2D eigenvalue weighted by Crippen LogP contribution is -3.13. The zero-order valence-electron chi connectivity index (χ0n) is 12.5. The molecule has 5 nitrogen and oxygen atoms in total. The van der Waals surface area contributed by atoms with Crippen LogP contribution < -0.4 is 24.3 Å². The molecule has 0 bridgehead atoms. The van der Waals surface area contributed by atoms with Crippen molar-refractivity contribution < 1.29 is 19.4 Å². The Labute approximate surface area is 130 Å². The molecule has 4 rings (SSSR count). The Hall–Kier alpha value is -2.27. The Morgan fingerprint density at radius 1 is 1.05 bits per heavy atom. The van der Waals surface area contributed by atoms with Crippen LogP contribution in [0.4, 0.5) is 5.82 Å². The van der Waals surface area contributed by atoms with E-state index in [1.54, 1.807) is 4.90 Å². The van der Waals surface area contributed by atoms with E-state index in [1.165, 1.54) is 11.4 Å². The first-order chi connectivity index (χ1) is 10.9. The largest absolute Gasteiger partial charge is 0.454 e. The van der Waals surface area contributed by atoms with E-state index in [1.807, 2.05) is 18.3 Å². The van der Waals surface area contributed by atoms with Gasteiger partial charge in [-0.2, -0.15) is 0 Å². The lowest BCUT2D eigenvalue weighted by molar-refractivity contribution is -0.914. The summed E-state index contributed by atoms with van der Waals surface area (Å²) in [7, 11) is 0. The SMILES string of the molecule is c1ccc(N2CC[NH+](Cc3ccc4c(c3)OCO4)CC2)[nH+]c1. The highest BCUT2D eigenvalue weighted by molar-refractivity contribution is 5.44. The predicted molar refractivity (Wildman–Crippen MR) is 82.2 cm³/mol. The lowest BCUT2D eigenvalue weighted by atomic mass is 10.1. The summed E-state index contributed by atoms with van der Waals surface area (Å²) in [5.74, 6) is 2.96. The van der Waals surface area contributed by atoms with Crippen LogP contribution in [0.2, 0.25) is 0 Å². The van der Waals surface area contributed by atoms with Gasteiger partial charge in [0.1, 0.15) is 32.7 Å². The first kappa shape index (κ1) is 13.4. The summed E-state index contributed by atoms with van der Waals surface area (Å²) in [5.41, 5.74) is 1.32. The summed E-state index contributed by atoms with van der Waals surface area (Å²) in [6.07, 6.45) is 1.99. The molecule has 114 valence electrons. The van der Waals surface area contributed by atoms with Crippen LogP contribution in [0.15, 0.2) is 42.6 Å². The molecule has 2 N–H and O–H groups in total. The molecule has 0 radical (unpaired) electrons. The highest BCUT2D eigenvalue weighted by Gasteiger charge is 2.26. The Balaban J connectivity index is 1.36. The predicted octanol–water partition coefficient (Wildman–Crippen LogP) is 0.135. The van der Waals surface area contributed by atoms with E-state index in [0.717, 1.165) is 44.2 Å². The second-order valence-electron chi connectivity index (χ2n) is 5.85. The number of rotatable bonds is 3.